The summed E-state index contributed by atoms with van der Waals surface area (Å²) in [6.07, 6.45) is 1.59. The second-order valence-corrected chi connectivity index (χ2v) is 5.19. The van der Waals surface area contributed by atoms with Crippen molar-refractivity contribution < 1.29 is 19.4 Å². The third-order valence-corrected chi connectivity index (χ3v) is 3.79. The lowest BCUT2D eigenvalue weighted by Gasteiger charge is -2.31. The fourth-order valence-corrected chi connectivity index (χ4v) is 2.50. The lowest BCUT2D eigenvalue weighted by Crippen LogP contribution is -2.43. The zero-order valence-corrected chi connectivity index (χ0v) is 12.3. The number of aryl methyl sites for hydroxylation is 1. The molecule has 0 saturated carbocycles. The Balaban J connectivity index is 2.12. The molecule has 6 nitrogen and oxygen atoms in total. The number of hydrogen-bond acceptors (Lipinski definition) is 3. The van der Waals surface area contributed by atoms with Gasteiger partial charge in [0.25, 0.3) is 0 Å². The van der Waals surface area contributed by atoms with Crippen LogP contribution >= 0.6 is 0 Å². The Morgan fingerprint density at radius 1 is 1.33 bits per heavy atom. The average molecular weight is 292 g/mol. The number of hydrogen-bond donors (Lipinski definition) is 2. The minimum absolute atomic E-state index is 0.122. The Hall–Kier alpha value is -2.08. The molecule has 0 aliphatic carbocycles. The Kier molecular flexibility index (Phi) is 4.80. The summed E-state index contributed by atoms with van der Waals surface area (Å²) in [5.74, 6) is -1.04. The number of aromatic carboxylic acids is 1. The van der Waals surface area contributed by atoms with E-state index in [1.165, 1.54) is 0 Å². The Bertz CT molecular complexity index is 538. The topological polar surface area (TPSA) is 78.9 Å². The van der Waals surface area contributed by atoms with Crippen molar-refractivity contribution in [3.63, 3.8) is 0 Å². The smallest absolute Gasteiger partial charge is 0.338 e. The molecular weight excluding hydrogens is 272 g/mol. The number of ether oxygens (including phenoxy) is 1. The number of carboxylic acids is 1. The highest BCUT2D eigenvalue weighted by Gasteiger charge is 2.23. The molecule has 0 aromatic heterocycles. The van der Waals surface area contributed by atoms with Crippen LogP contribution in [0.1, 0.15) is 28.8 Å². The standard InChI is InChI=1S/C15H20N2O4/c1-10-4-3-5-12(13(10)14(18)19)16-15(20)17(2)11-6-8-21-9-7-11/h3-5,11H,6-9H2,1-2H3,(H,16,20)(H,18,19). The van der Waals surface area contributed by atoms with E-state index >= 15 is 0 Å². The molecule has 1 aromatic carbocycles. The first-order valence-corrected chi connectivity index (χ1v) is 6.95. The molecule has 0 radical (unpaired) electrons. The number of carbonyl (C=O) groups is 2. The minimum atomic E-state index is -1.04. The van der Waals surface area contributed by atoms with E-state index in [1.807, 2.05) is 0 Å². The molecule has 1 aliphatic heterocycles. The summed E-state index contributed by atoms with van der Waals surface area (Å²) in [6, 6.07) is 4.87. The maximum atomic E-state index is 12.3. The highest BCUT2D eigenvalue weighted by molar-refractivity contribution is 6.01. The van der Waals surface area contributed by atoms with Gasteiger partial charge in [-0.1, -0.05) is 12.1 Å². The Morgan fingerprint density at radius 2 is 2.00 bits per heavy atom. The number of nitrogens with one attached hydrogen (secondary N) is 1. The summed E-state index contributed by atoms with van der Waals surface area (Å²) in [5, 5.41) is 12.0. The van der Waals surface area contributed by atoms with Crippen molar-refractivity contribution >= 4 is 17.7 Å². The summed E-state index contributed by atoms with van der Waals surface area (Å²) in [5.41, 5.74) is 1.08. The third-order valence-electron chi connectivity index (χ3n) is 3.79. The van der Waals surface area contributed by atoms with Crippen molar-refractivity contribution in [2.24, 2.45) is 0 Å². The van der Waals surface area contributed by atoms with Gasteiger partial charge in [0, 0.05) is 26.3 Å². The molecule has 21 heavy (non-hydrogen) atoms. The molecular formula is C15H20N2O4. The van der Waals surface area contributed by atoms with E-state index < -0.39 is 5.97 Å². The van der Waals surface area contributed by atoms with E-state index in [9.17, 15) is 14.7 Å². The summed E-state index contributed by atoms with van der Waals surface area (Å²) < 4.78 is 5.28. The van der Waals surface area contributed by atoms with Gasteiger partial charge in [-0.15, -0.1) is 0 Å². The van der Waals surface area contributed by atoms with Crippen molar-refractivity contribution in [3.05, 3.63) is 29.3 Å². The van der Waals surface area contributed by atoms with E-state index in [4.69, 9.17) is 4.74 Å². The molecule has 1 heterocycles. The molecule has 6 heteroatoms. The van der Waals surface area contributed by atoms with Crippen LogP contribution in [0.5, 0.6) is 0 Å². The first-order valence-electron chi connectivity index (χ1n) is 6.95. The van der Waals surface area contributed by atoms with Crippen LogP contribution in [0.25, 0.3) is 0 Å². The molecule has 1 aliphatic rings. The maximum Gasteiger partial charge on any atom is 0.338 e. The number of carboxylic acid groups (broad SMARTS) is 1. The second-order valence-electron chi connectivity index (χ2n) is 5.19. The number of carbonyl (C=O) groups excluding carboxylic acids is 1. The molecule has 0 atom stereocenters. The SMILES string of the molecule is Cc1cccc(NC(=O)N(C)C2CCOCC2)c1C(=O)O. The van der Waals surface area contributed by atoms with Crippen molar-refractivity contribution in [1.82, 2.24) is 4.90 Å². The van der Waals surface area contributed by atoms with Crippen LogP contribution < -0.4 is 5.32 Å². The third kappa shape index (κ3) is 3.52. The fraction of sp³-hybridized carbons (Fsp3) is 0.467. The van der Waals surface area contributed by atoms with Gasteiger partial charge in [0.15, 0.2) is 0 Å². The van der Waals surface area contributed by atoms with Gasteiger partial charge in [-0.3, -0.25) is 0 Å². The van der Waals surface area contributed by atoms with Gasteiger partial charge in [0.05, 0.1) is 11.3 Å². The number of anilines is 1. The van der Waals surface area contributed by atoms with Crippen LogP contribution in [0.4, 0.5) is 10.5 Å². The van der Waals surface area contributed by atoms with Gasteiger partial charge in [0.1, 0.15) is 0 Å². The lowest BCUT2D eigenvalue weighted by atomic mass is 10.1. The zero-order valence-electron chi connectivity index (χ0n) is 12.3. The normalized spacial score (nSPS) is 15.5. The molecule has 0 unspecified atom stereocenters. The van der Waals surface area contributed by atoms with Crippen LogP contribution in [0.2, 0.25) is 0 Å². The highest BCUT2D eigenvalue weighted by atomic mass is 16.5. The van der Waals surface area contributed by atoms with Crippen molar-refractivity contribution in [1.29, 1.82) is 0 Å². The highest BCUT2D eigenvalue weighted by Crippen LogP contribution is 2.21. The van der Waals surface area contributed by atoms with Gasteiger partial charge >= 0.3 is 12.0 Å². The number of rotatable bonds is 3. The monoisotopic (exact) mass is 292 g/mol. The van der Waals surface area contributed by atoms with E-state index in [0.29, 0.717) is 24.5 Å². The van der Waals surface area contributed by atoms with Crippen LogP contribution in [0.15, 0.2) is 18.2 Å². The minimum Gasteiger partial charge on any atom is -0.478 e. The van der Waals surface area contributed by atoms with Gasteiger partial charge in [-0.05, 0) is 31.4 Å². The molecule has 1 saturated heterocycles. The van der Waals surface area contributed by atoms with Crippen molar-refractivity contribution in [2.75, 3.05) is 25.6 Å². The fourth-order valence-electron chi connectivity index (χ4n) is 2.50. The van der Waals surface area contributed by atoms with Gasteiger partial charge in [-0.25, -0.2) is 9.59 Å². The summed E-state index contributed by atoms with van der Waals surface area (Å²) >= 11 is 0. The zero-order chi connectivity index (χ0) is 15.4. The summed E-state index contributed by atoms with van der Waals surface area (Å²) in [4.78, 5) is 25.2. The number of urea groups is 1. The Morgan fingerprint density at radius 3 is 2.62 bits per heavy atom. The van der Waals surface area contributed by atoms with Gasteiger partial charge in [-0.2, -0.15) is 0 Å². The predicted octanol–water partition coefficient (Wildman–Crippen LogP) is 2.34. The summed E-state index contributed by atoms with van der Waals surface area (Å²) in [6.45, 7) is 3.00. The predicted molar refractivity (Wildman–Crippen MR) is 78.8 cm³/mol. The van der Waals surface area contributed by atoms with E-state index in [1.54, 1.807) is 37.1 Å². The maximum absolute atomic E-state index is 12.3. The van der Waals surface area contributed by atoms with Gasteiger partial charge < -0.3 is 20.1 Å². The number of nitrogens with zero attached hydrogens (tertiary/aromatic N) is 1. The van der Waals surface area contributed by atoms with Crippen LogP contribution in [0.3, 0.4) is 0 Å². The number of amides is 2. The molecule has 114 valence electrons. The average Bonchev–Trinajstić information content (AvgIpc) is 2.47. The van der Waals surface area contributed by atoms with Crippen molar-refractivity contribution in [3.8, 4) is 0 Å². The van der Waals surface area contributed by atoms with Crippen LogP contribution in [0, 0.1) is 6.92 Å². The van der Waals surface area contributed by atoms with E-state index in [2.05, 4.69) is 5.32 Å². The molecule has 2 N–H and O–H groups in total. The first kappa shape index (κ1) is 15.3. The molecule has 2 amide bonds. The molecule has 2 rings (SSSR count). The summed E-state index contributed by atoms with van der Waals surface area (Å²) in [7, 11) is 1.72. The number of benzene rings is 1. The molecule has 0 bridgehead atoms. The molecule has 0 spiro atoms. The Labute approximate surface area is 123 Å². The largest absolute Gasteiger partial charge is 0.478 e. The lowest BCUT2D eigenvalue weighted by molar-refractivity contribution is 0.0544. The second kappa shape index (κ2) is 6.58. The van der Waals surface area contributed by atoms with E-state index in [-0.39, 0.29) is 17.6 Å². The van der Waals surface area contributed by atoms with E-state index in [0.717, 1.165) is 12.8 Å². The quantitative estimate of drug-likeness (QED) is 0.896. The molecule has 1 aromatic rings. The van der Waals surface area contributed by atoms with Crippen molar-refractivity contribution in [2.45, 2.75) is 25.8 Å². The molecule has 1 fully saturated rings. The first-order chi connectivity index (χ1) is 10.0. The van der Waals surface area contributed by atoms with Crippen LogP contribution in [-0.2, 0) is 4.74 Å². The van der Waals surface area contributed by atoms with Crippen LogP contribution in [-0.4, -0.2) is 48.3 Å². The van der Waals surface area contributed by atoms with Gasteiger partial charge in [0.2, 0.25) is 0 Å².